The standard InChI is InChI=1S/C22H29N5O4S/c28-21(24-18-8-2-3-9-18)16-26-15-19(14-23-26)25-22(29)17-7-6-10-20(13-17)32(30,31)27-11-4-1-5-12-27/h6-7,10,13-15,18H,1-5,8-9,11-12,16H2,(H,24,28)(H,25,29). The number of piperidine rings is 1. The quantitative estimate of drug-likeness (QED) is 0.660. The van der Waals surface area contributed by atoms with Crippen LogP contribution in [0.5, 0.6) is 0 Å². The Morgan fingerprint density at radius 1 is 1.06 bits per heavy atom. The molecule has 172 valence electrons. The fourth-order valence-electron chi connectivity index (χ4n) is 4.26. The maximum atomic E-state index is 12.9. The van der Waals surface area contributed by atoms with Gasteiger partial charge in [-0.2, -0.15) is 9.40 Å². The molecule has 1 saturated carbocycles. The Kier molecular flexibility index (Phi) is 6.90. The Bertz CT molecular complexity index is 1070. The molecule has 9 nitrogen and oxygen atoms in total. The number of amides is 2. The van der Waals surface area contributed by atoms with Gasteiger partial charge in [-0.05, 0) is 43.9 Å². The normalized spacial score (nSPS) is 17.9. The molecule has 2 fully saturated rings. The van der Waals surface area contributed by atoms with E-state index in [1.165, 1.54) is 27.3 Å². The highest BCUT2D eigenvalue weighted by Crippen LogP contribution is 2.22. The Morgan fingerprint density at radius 3 is 2.56 bits per heavy atom. The van der Waals surface area contributed by atoms with Crippen molar-refractivity contribution in [3.63, 3.8) is 0 Å². The smallest absolute Gasteiger partial charge is 0.255 e. The van der Waals surface area contributed by atoms with Gasteiger partial charge in [-0.3, -0.25) is 14.3 Å². The average molecular weight is 460 g/mol. The topological polar surface area (TPSA) is 113 Å². The lowest BCUT2D eigenvalue weighted by Gasteiger charge is -2.26. The van der Waals surface area contributed by atoms with Crippen molar-refractivity contribution in [3.8, 4) is 0 Å². The molecule has 1 aromatic carbocycles. The van der Waals surface area contributed by atoms with Crippen LogP contribution < -0.4 is 10.6 Å². The highest BCUT2D eigenvalue weighted by atomic mass is 32.2. The van der Waals surface area contributed by atoms with Gasteiger partial charge in [0.2, 0.25) is 15.9 Å². The third-order valence-electron chi connectivity index (χ3n) is 5.97. The van der Waals surface area contributed by atoms with Crippen LogP contribution in [-0.2, 0) is 21.4 Å². The minimum absolute atomic E-state index is 0.0793. The molecule has 0 unspecified atom stereocenters. The van der Waals surface area contributed by atoms with Crippen molar-refractivity contribution >= 4 is 27.5 Å². The number of sulfonamides is 1. The number of nitrogens with zero attached hydrogens (tertiary/aromatic N) is 3. The van der Waals surface area contributed by atoms with Crippen LogP contribution in [0.3, 0.4) is 0 Å². The van der Waals surface area contributed by atoms with Crippen LogP contribution in [0.1, 0.15) is 55.3 Å². The molecule has 4 rings (SSSR count). The van der Waals surface area contributed by atoms with Gasteiger partial charge in [0.25, 0.3) is 5.91 Å². The summed E-state index contributed by atoms with van der Waals surface area (Å²) in [6.45, 7) is 1.09. The van der Waals surface area contributed by atoms with E-state index in [1.807, 2.05) is 0 Å². The van der Waals surface area contributed by atoms with Crippen LogP contribution in [0, 0.1) is 0 Å². The van der Waals surface area contributed by atoms with Crippen LogP contribution in [0.25, 0.3) is 0 Å². The van der Waals surface area contributed by atoms with E-state index in [4.69, 9.17) is 0 Å². The van der Waals surface area contributed by atoms with Crippen LogP contribution in [0.2, 0.25) is 0 Å². The number of aromatic nitrogens is 2. The molecule has 0 spiro atoms. The van der Waals surface area contributed by atoms with Gasteiger partial charge in [0.1, 0.15) is 6.54 Å². The van der Waals surface area contributed by atoms with Gasteiger partial charge in [0.15, 0.2) is 0 Å². The lowest BCUT2D eigenvalue weighted by atomic mass is 10.2. The molecule has 10 heteroatoms. The molecule has 1 aromatic heterocycles. The highest BCUT2D eigenvalue weighted by molar-refractivity contribution is 7.89. The van der Waals surface area contributed by atoms with E-state index in [0.29, 0.717) is 18.8 Å². The average Bonchev–Trinajstić information content (AvgIpc) is 3.46. The monoisotopic (exact) mass is 459 g/mol. The molecule has 2 amide bonds. The zero-order valence-electron chi connectivity index (χ0n) is 18.0. The molecule has 0 bridgehead atoms. The summed E-state index contributed by atoms with van der Waals surface area (Å²) >= 11 is 0. The summed E-state index contributed by atoms with van der Waals surface area (Å²) in [5.74, 6) is -0.538. The third-order valence-corrected chi connectivity index (χ3v) is 7.86. The Morgan fingerprint density at radius 2 is 1.81 bits per heavy atom. The largest absolute Gasteiger partial charge is 0.352 e. The van der Waals surface area contributed by atoms with E-state index in [0.717, 1.165) is 44.9 Å². The molecule has 1 aliphatic heterocycles. The summed E-state index contributed by atoms with van der Waals surface area (Å²) in [6, 6.07) is 6.30. The van der Waals surface area contributed by atoms with Gasteiger partial charge < -0.3 is 10.6 Å². The van der Waals surface area contributed by atoms with Crippen molar-refractivity contribution in [2.24, 2.45) is 0 Å². The summed E-state index contributed by atoms with van der Waals surface area (Å²) in [7, 11) is -3.62. The predicted molar refractivity (Wildman–Crippen MR) is 120 cm³/mol. The number of hydrogen-bond donors (Lipinski definition) is 2. The third kappa shape index (κ3) is 5.36. The number of anilines is 1. The molecule has 1 saturated heterocycles. The second kappa shape index (κ2) is 9.83. The summed E-state index contributed by atoms with van der Waals surface area (Å²) in [6.07, 6.45) is 10.1. The van der Waals surface area contributed by atoms with E-state index in [9.17, 15) is 18.0 Å². The fraction of sp³-hybridized carbons (Fsp3) is 0.500. The van der Waals surface area contributed by atoms with E-state index < -0.39 is 15.9 Å². The molecule has 2 N–H and O–H groups in total. The zero-order chi connectivity index (χ0) is 22.6. The van der Waals surface area contributed by atoms with Crippen molar-refractivity contribution in [1.29, 1.82) is 0 Å². The summed E-state index contributed by atoms with van der Waals surface area (Å²) in [5, 5.41) is 9.86. The van der Waals surface area contributed by atoms with Crippen molar-refractivity contribution in [2.75, 3.05) is 18.4 Å². The molecule has 2 aromatic rings. The van der Waals surface area contributed by atoms with E-state index in [1.54, 1.807) is 18.3 Å². The SMILES string of the molecule is O=C(Cn1cc(NC(=O)c2cccc(S(=O)(=O)N3CCCCC3)c2)cn1)NC1CCCC1. The second-order valence-corrected chi connectivity index (χ2v) is 10.4. The van der Waals surface area contributed by atoms with Crippen LogP contribution >= 0.6 is 0 Å². The summed E-state index contributed by atoms with van der Waals surface area (Å²) in [4.78, 5) is 25.0. The Balaban J connectivity index is 1.38. The first-order chi connectivity index (χ1) is 15.4. The van der Waals surface area contributed by atoms with E-state index in [2.05, 4.69) is 15.7 Å². The second-order valence-electron chi connectivity index (χ2n) is 8.42. The zero-order valence-corrected chi connectivity index (χ0v) is 18.8. The number of carbonyl (C=O) groups excluding carboxylic acids is 2. The van der Waals surface area contributed by atoms with E-state index >= 15 is 0 Å². The highest BCUT2D eigenvalue weighted by Gasteiger charge is 2.26. The van der Waals surface area contributed by atoms with Crippen molar-refractivity contribution < 1.29 is 18.0 Å². The maximum Gasteiger partial charge on any atom is 0.255 e. The van der Waals surface area contributed by atoms with Crippen LogP contribution in [0.15, 0.2) is 41.6 Å². The Hall–Kier alpha value is -2.72. The summed E-state index contributed by atoms with van der Waals surface area (Å²) < 4.78 is 28.7. The first-order valence-corrected chi connectivity index (χ1v) is 12.6. The minimum atomic E-state index is -3.62. The number of rotatable bonds is 7. The lowest BCUT2D eigenvalue weighted by Crippen LogP contribution is -2.35. The first-order valence-electron chi connectivity index (χ1n) is 11.2. The van der Waals surface area contributed by atoms with Gasteiger partial charge in [-0.25, -0.2) is 8.42 Å². The van der Waals surface area contributed by atoms with Gasteiger partial charge in [0.05, 0.1) is 16.8 Å². The molecule has 0 atom stereocenters. The number of benzene rings is 1. The lowest BCUT2D eigenvalue weighted by molar-refractivity contribution is -0.122. The fourth-order valence-corrected chi connectivity index (χ4v) is 5.82. The van der Waals surface area contributed by atoms with Crippen molar-refractivity contribution in [2.45, 2.75) is 62.4 Å². The summed E-state index contributed by atoms with van der Waals surface area (Å²) in [5.41, 5.74) is 0.683. The molecule has 2 aliphatic rings. The van der Waals surface area contributed by atoms with Gasteiger partial charge >= 0.3 is 0 Å². The van der Waals surface area contributed by atoms with Crippen LogP contribution in [0.4, 0.5) is 5.69 Å². The first kappa shape index (κ1) is 22.5. The predicted octanol–water partition coefficient (Wildman–Crippen LogP) is 2.37. The maximum absolute atomic E-state index is 12.9. The van der Waals surface area contributed by atoms with Crippen molar-refractivity contribution in [3.05, 3.63) is 42.2 Å². The van der Waals surface area contributed by atoms with Gasteiger partial charge in [0, 0.05) is 30.9 Å². The Labute approximate surface area is 188 Å². The van der Waals surface area contributed by atoms with Crippen LogP contribution in [-0.4, -0.2) is 53.4 Å². The molecular formula is C22H29N5O4S. The number of nitrogens with one attached hydrogen (secondary N) is 2. The number of hydrogen-bond acceptors (Lipinski definition) is 5. The molecular weight excluding hydrogens is 430 g/mol. The van der Waals surface area contributed by atoms with E-state index in [-0.39, 0.29) is 29.0 Å². The molecule has 0 radical (unpaired) electrons. The molecule has 2 heterocycles. The van der Waals surface area contributed by atoms with Gasteiger partial charge in [-0.1, -0.05) is 25.3 Å². The molecule has 1 aliphatic carbocycles. The van der Waals surface area contributed by atoms with Gasteiger partial charge in [-0.15, -0.1) is 0 Å². The minimum Gasteiger partial charge on any atom is -0.352 e. The van der Waals surface area contributed by atoms with Crippen molar-refractivity contribution in [1.82, 2.24) is 19.4 Å². The number of carbonyl (C=O) groups is 2. The molecule has 32 heavy (non-hydrogen) atoms.